The van der Waals surface area contributed by atoms with Crippen LogP contribution in [-0.2, 0) is 0 Å². The van der Waals surface area contributed by atoms with Crippen molar-refractivity contribution in [3.63, 3.8) is 0 Å². The molecule has 2 N–H and O–H groups in total. The molecule has 0 aromatic rings. The van der Waals surface area contributed by atoms with Crippen LogP contribution in [0.1, 0.15) is 53.4 Å². The highest BCUT2D eigenvalue weighted by Crippen LogP contribution is 2.22. The second-order valence-corrected chi connectivity index (χ2v) is 8.12. The zero-order valence-corrected chi connectivity index (χ0v) is 17.0. The maximum atomic E-state index is 4.38. The van der Waals surface area contributed by atoms with Gasteiger partial charge in [-0.05, 0) is 25.8 Å². The van der Waals surface area contributed by atoms with E-state index in [9.17, 15) is 0 Å². The smallest absolute Gasteiger partial charge is 0.191 e. The van der Waals surface area contributed by atoms with Crippen LogP contribution in [0.25, 0.3) is 0 Å². The van der Waals surface area contributed by atoms with Crippen molar-refractivity contribution >= 4 is 5.96 Å². The number of nitrogens with one attached hydrogen (secondary N) is 2. The van der Waals surface area contributed by atoms with Gasteiger partial charge < -0.3 is 15.5 Å². The van der Waals surface area contributed by atoms with Crippen LogP contribution < -0.4 is 10.6 Å². The zero-order chi connectivity index (χ0) is 18.0. The molecule has 0 amide bonds. The van der Waals surface area contributed by atoms with Crippen molar-refractivity contribution in [1.82, 2.24) is 20.4 Å². The van der Waals surface area contributed by atoms with Crippen LogP contribution in [0.5, 0.6) is 0 Å². The Hall–Kier alpha value is -0.810. The molecule has 24 heavy (non-hydrogen) atoms. The normalized spacial score (nSPS) is 19.3. The second-order valence-electron chi connectivity index (χ2n) is 8.12. The minimum Gasteiger partial charge on any atom is -0.356 e. The summed E-state index contributed by atoms with van der Waals surface area (Å²) in [6.07, 6.45) is 5.20. The van der Waals surface area contributed by atoms with Gasteiger partial charge in [0.25, 0.3) is 0 Å². The molecule has 0 spiro atoms. The molecule has 142 valence electrons. The minimum absolute atomic E-state index is 0.315. The number of hydrogen-bond acceptors (Lipinski definition) is 3. The van der Waals surface area contributed by atoms with Gasteiger partial charge in [-0.15, -0.1) is 0 Å². The molecule has 1 fully saturated rings. The summed E-state index contributed by atoms with van der Waals surface area (Å²) in [7, 11) is 4.06. The molecule has 1 unspecified atom stereocenters. The van der Waals surface area contributed by atoms with Crippen LogP contribution >= 0.6 is 0 Å². The summed E-state index contributed by atoms with van der Waals surface area (Å²) in [6, 6.07) is 0.537. The van der Waals surface area contributed by atoms with Crippen molar-refractivity contribution in [3.8, 4) is 0 Å². The van der Waals surface area contributed by atoms with Gasteiger partial charge in [0, 0.05) is 52.4 Å². The third kappa shape index (κ3) is 8.34. The lowest BCUT2D eigenvalue weighted by atomic mass is 9.87. The first-order valence-electron chi connectivity index (χ1n) is 9.75. The number of unbranched alkanes of at least 4 members (excludes halogenated alkanes) is 2. The SMILES string of the molecule is CCCCCC(C)(C)CNC(=NC)NCC(C)N1CCN(C)CC1. The van der Waals surface area contributed by atoms with Crippen molar-refractivity contribution in [3.05, 3.63) is 0 Å². The van der Waals surface area contributed by atoms with Crippen LogP contribution in [0.2, 0.25) is 0 Å². The Morgan fingerprint density at radius 3 is 2.38 bits per heavy atom. The molecule has 1 aliphatic heterocycles. The number of nitrogens with zero attached hydrogens (tertiary/aromatic N) is 3. The van der Waals surface area contributed by atoms with Crippen molar-refractivity contribution in [2.24, 2.45) is 10.4 Å². The van der Waals surface area contributed by atoms with E-state index >= 15 is 0 Å². The Kier molecular flexibility index (Phi) is 9.67. The Labute approximate surface area is 150 Å². The van der Waals surface area contributed by atoms with Gasteiger partial charge in [-0.25, -0.2) is 0 Å². The van der Waals surface area contributed by atoms with E-state index in [0.717, 1.165) is 32.1 Å². The van der Waals surface area contributed by atoms with Crippen LogP contribution in [-0.4, -0.2) is 75.2 Å². The lowest BCUT2D eigenvalue weighted by molar-refractivity contribution is 0.120. The number of piperazine rings is 1. The quantitative estimate of drug-likeness (QED) is 0.385. The predicted octanol–water partition coefficient (Wildman–Crippen LogP) is 2.39. The van der Waals surface area contributed by atoms with Crippen LogP contribution in [0, 0.1) is 5.41 Å². The molecule has 5 heteroatoms. The van der Waals surface area contributed by atoms with Gasteiger partial charge in [-0.3, -0.25) is 9.89 Å². The number of rotatable bonds is 9. The highest BCUT2D eigenvalue weighted by Gasteiger charge is 2.20. The fourth-order valence-electron chi connectivity index (χ4n) is 3.12. The van der Waals surface area contributed by atoms with E-state index in [-0.39, 0.29) is 0 Å². The summed E-state index contributed by atoms with van der Waals surface area (Å²) >= 11 is 0. The number of aliphatic imine (C=N–C) groups is 1. The fraction of sp³-hybridized carbons (Fsp3) is 0.947. The average molecular weight is 340 g/mol. The van der Waals surface area contributed by atoms with Crippen molar-refractivity contribution in [2.75, 3.05) is 53.4 Å². The Bertz CT molecular complexity index is 359. The number of hydrogen-bond donors (Lipinski definition) is 2. The monoisotopic (exact) mass is 339 g/mol. The molecule has 0 bridgehead atoms. The number of likely N-dealkylation sites (N-methyl/N-ethyl adjacent to an activating group) is 1. The summed E-state index contributed by atoms with van der Waals surface area (Å²) < 4.78 is 0. The van der Waals surface area contributed by atoms with Crippen molar-refractivity contribution in [2.45, 2.75) is 59.4 Å². The van der Waals surface area contributed by atoms with Gasteiger partial charge >= 0.3 is 0 Å². The van der Waals surface area contributed by atoms with Gasteiger partial charge in [-0.2, -0.15) is 0 Å². The average Bonchev–Trinajstić information content (AvgIpc) is 2.55. The van der Waals surface area contributed by atoms with Gasteiger partial charge in [0.15, 0.2) is 5.96 Å². The molecule has 1 atom stereocenters. The molecule has 0 aromatic carbocycles. The van der Waals surface area contributed by atoms with Gasteiger partial charge in [0.2, 0.25) is 0 Å². The second kappa shape index (κ2) is 10.9. The highest BCUT2D eigenvalue weighted by molar-refractivity contribution is 5.79. The van der Waals surface area contributed by atoms with Gasteiger partial charge in [0.1, 0.15) is 0 Å². The predicted molar refractivity (Wildman–Crippen MR) is 106 cm³/mol. The molecule has 0 aromatic heterocycles. The first-order valence-corrected chi connectivity index (χ1v) is 9.75. The van der Waals surface area contributed by atoms with Crippen LogP contribution in [0.4, 0.5) is 0 Å². The molecule has 1 rings (SSSR count). The van der Waals surface area contributed by atoms with E-state index in [1.165, 1.54) is 38.8 Å². The van der Waals surface area contributed by atoms with E-state index in [1.807, 2.05) is 7.05 Å². The minimum atomic E-state index is 0.315. The summed E-state index contributed by atoms with van der Waals surface area (Å²) in [5.74, 6) is 0.930. The molecular weight excluding hydrogens is 298 g/mol. The van der Waals surface area contributed by atoms with E-state index in [2.05, 4.69) is 60.2 Å². The topological polar surface area (TPSA) is 42.9 Å². The third-order valence-electron chi connectivity index (χ3n) is 5.14. The third-order valence-corrected chi connectivity index (χ3v) is 5.14. The highest BCUT2D eigenvalue weighted by atomic mass is 15.3. The maximum absolute atomic E-state index is 4.38. The molecule has 0 saturated carbocycles. The maximum Gasteiger partial charge on any atom is 0.191 e. The van der Waals surface area contributed by atoms with E-state index in [1.54, 1.807) is 0 Å². The van der Waals surface area contributed by atoms with Crippen LogP contribution in [0.3, 0.4) is 0 Å². The Morgan fingerprint density at radius 2 is 1.79 bits per heavy atom. The first-order chi connectivity index (χ1) is 11.4. The fourth-order valence-corrected chi connectivity index (χ4v) is 3.12. The lowest BCUT2D eigenvalue weighted by Gasteiger charge is -2.36. The molecule has 1 aliphatic rings. The van der Waals surface area contributed by atoms with E-state index < -0.39 is 0 Å². The zero-order valence-electron chi connectivity index (χ0n) is 17.0. The standard InChI is InChI=1S/C19H41N5/c1-7-8-9-10-19(3,4)16-22-18(20-5)21-15-17(2)24-13-11-23(6)12-14-24/h17H,7-16H2,1-6H3,(H2,20,21,22). The molecule has 1 saturated heterocycles. The van der Waals surface area contributed by atoms with Gasteiger partial charge in [-0.1, -0.05) is 40.0 Å². The largest absolute Gasteiger partial charge is 0.356 e. The van der Waals surface area contributed by atoms with Crippen LogP contribution in [0.15, 0.2) is 4.99 Å². The molecule has 1 heterocycles. The Morgan fingerprint density at radius 1 is 1.12 bits per heavy atom. The summed E-state index contributed by atoms with van der Waals surface area (Å²) in [5.41, 5.74) is 0.315. The van der Waals surface area contributed by atoms with Crippen molar-refractivity contribution in [1.29, 1.82) is 0 Å². The molecule has 0 radical (unpaired) electrons. The van der Waals surface area contributed by atoms with Crippen molar-refractivity contribution < 1.29 is 0 Å². The molecule has 0 aliphatic carbocycles. The lowest BCUT2D eigenvalue weighted by Crippen LogP contribution is -2.52. The summed E-state index contributed by atoms with van der Waals surface area (Å²) in [5, 5.41) is 7.02. The summed E-state index contributed by atoms with van der Waals surface area (Å²) in [4.78, 5) is 9.35. The summed E-state index contributed by atoms with van der Waals surface area (Å²) in [6.45, 7) is 15.8. The molecule has 5 nitrogen and oxygen atoms in total. The Balaban J connectivity index is 2.29. The first kappa shape index (κ1) is 21.2. The van der Waals surface area contributed by atoms with Gasteiger partial charge in [0.05, 0.1) is 0 Å². The molecular formula is C19H41N5. The van der Waals surface area contributed by atoms with E-state index in [4.69, 9.17) is 0 Å². The number of guanidine groups is 1. The van der Waals surface area contributed by atoms with E-state index in [0.29, 0.717) is 11.5 Å².